The normalized spacial score (nSPS) is 11.4. The Bertz CT molecular complexity index is 567. The molecule has 0 saturated carbocycles. The van der Waals surface area contributed by atoms with Crippen LogP contribution < -0.4 is 0 Å². The number of benzene rings is 1. The number of aromatic amines is 1. The van der Waals surface area contributed by atoms with Gasteiger partial charge in [0.05, 0.1) is 6.54 Å². The van der Waals surface area contributed by atoms with Crippen LogP contribution in [0.15, 0.2) is 18.2 Å². The van der Waals surface area contributed by atoms with Gasteiger partial charge in [0.2, 0.25) is 0 Å². The van der Waals surface area contributed by atoms with E-state index < -0.39 is 0 Å². The molecule has 90 valence electrons. The highest BCUT2D eigenvalue weighted by Crippen LogP contribution is 2.23. The highest BCUT2D eigenvalue weighted by Gasteiger charge is 2.16. The molecule has 0 saturated heterocycles. The van der Waals surface area contributed by atoms with Gasteiger partial charge >= 0.3 is 0 Å². The number of aryl methyl sites for hydroxylation is 2. The average molecular weight is 230 g/mol. The molecule has 0 aliphatic carbocycles. The van der Waals surface area contributed by atoms with E-state index in [0.29, 0.717) is 6.54 Å². The molecule has 17 heavy (non-hydrogen) atoms. The van der Waals surface area contributed by atoms with Gasteiger partial charge in [-0.05, 0) is 39.6 Å². The van der Waals surface area contributed by atoms with E-state index in [1.165, 1.54) is 5.56 Å². The van der Waals surface area contributed by atoms with Crippen molar-refractivity contribution < 1.29 is 4.79 Å². The van der Waals surface area contributed by atoms with Crippen molar-refractivity contribution in [3.8, 4) is 0 Å². The van der Waals surface area contributed by atoms with Crippen LogP contribution in [0.5, 0.6) is 0 Å². The number of aromatic nitrogens is 1. The van der Waals surface area contributed by atoms with Crippen LogP contribution >= 0.6 is 0 Å². The van der Waals surface area contributed by atoms with Crippen molar-refractivity contribution in [2.45, 2.75) is 13.8 Å². The van der Waals surface area contributed by atoms with Crippen LogP contribution in [0.2, 0.25) is 0 Å². The Hall–Kier alpha value is -1.61. The van der Waals surface area contributed by atoms with Crippen molar-refractivity contribution in [3.63, 3.8) is 0 Å². The van der Waals surface area contributed by atoms with Crippen LogP contribution in [-0.4, -0.2) is 36.3 Å². The molecule has 0 amide bonds. The SMILES string of the molecule is Cc1ccc2c(C(=O)CN(C)C)c(C)[nH]c2c1. The molecule has 3 heteroatoms. The number of rotatable bonds is 3. The number of Topliss-reactive ketones (excluding diaryl/α,β-unsaturated/α-hetero) is 1. The summed E-state index contributed by atoms with van der Waals surface area (Å²) >= 11 is 0. The molecular formula is C14H18N2O. The molecule has 0 fully saturated rings. The zero-order valence-electron chi connectivity index (χ0n) is 10.8. The molecule has 0 aliphatic rings. The average Bonchev–Trinajstić information content (AvgIpc) is 2.51. The maximum Gasteiger partial charge on any atom is 0.179 e. The summed E-state index contributed by atoms with van der Waals surface area (Å²) in [5, 5.41) is 1.03. The Morgan fingerprint density at radius 2 is 2.00 bits per heavy atom. The number of fused-ring (bicyclic) bond motifs is 1. The van der Waals surface area contributed by atoms with E-state index >= 15 is 0 Å². The van der Waals surface area contributed by atoms with E-state index in [4.69, 9.17) is 0 Å². The Labute approximate surface area is 101 Å². The second kappa shape index (κ2) is 4.34. The van der Waals surface area contributed by atoms with Crippen molar-refractivity contribution in [2.75, 3.05) is 20.6 Å². The van der Waals surface area contributed by atoms with Gasteiger partial charge in [0.1, 0.15) is 0 Å². The first-order chi connectivity index (χ1) is 7.99. The van der Waals surface area contributed by atoms with Gasteiger partial charge < -0.3 is 9.88 Å². The lowest BCUT2D eigenvalue weighted by molar-refractivity contribution is 0.0959. The number of nitrogens with one attached hydrogen (secondary N) is 1. The molecule has 1 aromatic heterocycles. The largest absolute Gasteiger partial charge is 0.358 e. The molecule has 2 aromatic rings. The van der Waals surface area contributed by atoms with Gasteiger partial charge in [-0.25, -0.2) is 0 Å². The lowest BCUT2D eigenvalue weighted by atomic mass is 10.1. The van der Waals surface area contributed by atoms with Crippen molar-refractivity contribution in [3.05, 3.63) is 35.0 Å². The predicted molar refractivity (Wildman–Crippen MR) is 70.7 cm³/mol. The van der Waals surface area contributed by atoms with Gasteiger partial charge in [0.15, 0.2) is 5.78 Å². The monoisotopic (exact) mass is 230 g/mol. The first kappa shape index (κ1) is 11.9. The van der Waals surface area contributed by atoms with E-state index in [0.717, 1.165) is 22.2 Å². The van der Waals surface area contributed by atoms with Crippen LogP contribution in [0.4, 0.5) is 0 Å². The third-order valence-corrected chi connectivity index (χ3v) is 2.88. The number of likely N-dealkylation sites (N-methyl/N-ethyl adjacent to an activating group) is 1. The van der Waals surface area contributed by atoms with Crippen LogP contribution in [0.1, 0.15) is 21.6 Å². The smallest absolute Gasteiger partial charge is 0.179 e. The van der Waals surface area contributed by atoms with Crippen molar-refractivity contribution in [1.82, 2.24) is 9.88 Å². The zero-order chi connectivity index (χ0) is 12.6. The molecule has 1 heterocycles. The Morgan fingerprint density at radius 3 is 2.65 bits per heavy atom. The predicted octanol–water partition coefficient (Wildman–Crippen LogP) is 2.53. The Balaban J connectivity index is 2.53. The van der Waals surface area contributed by atoms with Crippen LogP contribution in [0, 0.1) is 13.8 Å². The fourth-order valence-electron chi connectivity index (χ4n) is 2.17. The number of hydrogen-bond acceptors (Lipinski definition) is 2. The van der Waals surface area contributed by atoms with E-state index in [1.807, 2.05) is 38.1 Å². The summed E-state index contributed by atoms with van der Waals surface area (Å²) in [6.45, 7) is 4.46. The summed E-state index contributed by atoms with van der Waals surface area (Å²) in [7, 11) is 3.82. The summed E-state index contributed by atoms with van der Waals surface area (Å²) in [6, 6.07) is 6.15. The zero-order valence-corrected chi connectivity index (χ0v) is 10.8. The molecule has 3 nitrogen and oxygen atoms in total. The topological polar surface area (TPSA) is 36.1 Å². The molecule has 0 unspecified atom stereocenters. The van der Waals surface area contributed by atoms with Gasteiger partial charge in [0, 0.05) is 22.2 Å². The molecule has 0 spiro atoms. The van der Waals surface area contributed by atoms with Crippen LogP contribution in [0.3, 0.4) is 0 Å². The molecule has 0 bridgehead atoms. The maximum atomic E-state index is 12.2. The molecule has 0 radical (unpaired) electrons. The van der Waals surface area contributed by atoms with Gasteiger partial charge in [-0.2, -0.15) is 0 Å². The summed E-state index contributed by atoms with van der Waals surface area (Å²) in [5.41, 5.74) is 4.03. The number of hydrogen-bond donors (Lipinski definition) is 1. The van der Waals surface area contributed by atoms with Gasteiger partial charge in [-0.15, -0.1) is 0 Å². The second-order valence-electron chi connectivity index (χ2n) is 4.83. The molecule has 1 aromatic carbocycles. The Kier molecular flexibility index (Phi) is 3.03. The number of carbonyl (C=O) groups excluding carboxylic acids is 1. The first-order valence-corrected chi connectivity index (χ1v) is 5.76. The Morgan fingerprint density at radius 1 is 1.29 bits per heavy atom. The minimum Gasteiger partial charge on any atom is -0.358 e. The van der Waals surface area contributed by atoms with E-state index in [9.17, 15) is 4.79 Å². The number of ketones is 1. The molecule has 2 rings (SSSR count). The third-order valence-electron chi connectivity index (χ3n) is 2.88. The molecule has 0 atom stereocenters. The summed E-state index contributed by atoms with van der Waals surface area (Å²) in [6.07, 6.45) is 0. The fourth-order valence-corrected chi connectivity index (χ4v) is 2.17. The minimum absolute atomic E-state index is 0.169. The fraction of sp³-hybridized carbons (Fsp3) is 0.357. The number of H-pyrrole nitrogens is 1. The van der Waals surface area contributed by atoms with Crippen LogP contribution in [-0.2, 0) is 0 Å². The summed E-state index contributed by atoms with van der Waals surface area (Å²) in [5.74, 6) is 0.169. The van der Waals surface area contributed by atoms with E-state index in [-0.39, 0.29) is 5.78 Å². The van der Waals surface area contributed by atoms with Crippen molar-refractivity contribution in [2.24, 2.45) is 0 Å². The molecule has 0 aliphatic heterocycles. The van der Waals surface area contributed by atoms with Crippen molar-refractivity contribution in [1.29, 1.82) is 0 Å². The third kappa shape index (κ3) is 2.24. The van der Waals surface area contributed by atoms with E-state index in [1.54, 1.807) is 0 Å². The lowest BCUT2D eigenvalue weighted by Gasteiger charge is -2.08. The highest BCUT2D eigenvalue weighted by atomic mass is 16.1. The summed E-state index contributed by atoms with van der Waals surface area (Å²) < 4.78 is 0. The quantitative estimate of drug-likeness (QED) is 0.822. The van der Waals surface area contributed by atoms with Gasteiger partial charge in [-0.3, -0.25) is 4.79 Å². The summed E-state index contributed by atoms with van der Waals surface area (Å²) in [4.78, 5) is 17.4. The maximum absolute atomic E-state index is 12.2. The standard InChI is InChI=1S/C14H18N2O/c1-9-5-6-11-12(7-9)15-10(2)14(11)13(17)8-16(3)4/h5-7,15H,8H2,1-4H3. The van der Waals surface area contributed by atoms with Crippen molar-refractivity contribution >= 4 is 16.7 Å². The van der Waals surface area contributed by atoms with Gasteiger partial charge in [0.25, 0.3) is 0 Å². The minimum atomic E-state index is 0.169. The first-order valence-electron chi connectivity index (χ1n) is 5.76. The number of nitrogens with zero attached hydrogens (tertiary/aromatic N) is 1. The number of carbonyl (C=O) groups is 1. The van der Waals surface area contributed by atoms with E-state index in [2.05, 4.69) is 18.0 Å². The molecular weight excluding hydrogens is 212 g/mol. The van der Waals surface area contributed by atoms with Gasteiger partial charge in [-0.1, -0.05) is 12.1 Å². The van der Waals surface area contributed by atoms with Crippen LogP contribution in [0.25, 0.3) is 10.9 Å². The second-order valence-corrected chi connectivity index (χ2v) is 4.83. The lowest BCUT2D eigenvalue weighted by Crippen LogP contribution is -2.22. The molecule has 1 N–H and O–H groups in total. The highest BCUT2D eigenvalue weighted by molar-refractivity contribution is 6.10.